The number of aromatic nitrogens is 2. The van der Waals surface area contributed by atoms with Crippen molar-refractivity contribution in [3.63, 3.8) is 0 Å². The van der Waals surface area contributed by atoms with Crippen molar-refractivity contribution in [1.29, 1.82) is 0 Å². The summed E-state index contributed by atoms with van der Waals surface area (Å²) in [7, 11) is -3.12. The molecular formula is C20H20FN3O5S. The molecule has 0 unspecified atom stereocenters. The maximum atomic E-state index is 12.9. The molecule has 4 rings (SSSR count). The van der Waals surface area contributed by atoms with Gasteiger partial charge < -0.3 is 14.5 Å². The molecule has 1 saturated heterocycles. The van der Waals surface area contributed by atoms with Gasteiger partial charge in [0.25, 0.3) is 5.91 Å². The molecule has 10 heteroatoms. The molecule has 1 N–H and O–H groups in total. The molecule has 30 heavy (non-hydrogen) atoms. The van der Waals surface area contributed by atoms with Crippen molar-refractivity contribution in [2.75, 3.05) is 24.7 Å². The highest BCUT2D eigenvalue weighted by atomic mass is 32.2. The van der Waals surface area contributed by atoms with Crippen LogP contribution in [0, 0.1) is 5.82 Å². The largest absolute Gasteiger partial charge is 0.492 e. The van der Waals surface area contributed by atoms with Gasteiger partial charge in [0.15, 0.2) is 21.3 Å². The fourth-order valence-corrected chi connectivity index (χ4v) is 5.01. The Morgan fingerprint density at radius 3 is 2.77 bits per heavy atom. The Kier molecular flexibility index (Phi) is 5.58. The summed E-state index contributed by atoms with van der Waals surface area (Å²) < 4.78 is 49.1. The monoisotopic (exact) mass is 433 g/mol. The molecule has 1 aromatic carbocycles. The van der Waals surface area contributed by atoms with Crippen molar-refractivity contribution < 1.29 is 26.8 Å². The van der Waals surface area contributed by atoms with E-state index in [4.69, 9.17) is 9.15 Å². The molecule has 3 heterocycles. The van der Waals surface area contributed by atoms with Crippen LogP contribution in [-0.2, 0) is 9.84 Å². The third kappa shape index (κ3) is 4.54. The van der Waals surface area contributed by atoms with Gasteiger partial charge in [-0.2, -0.15) is 5.10 Å². The maximum Gasteiger partial charge on any atom is 0.271 e. The van der Waals surface area contributed by atoms with Gasteiger partial charge in [0.1, 0.15) is 23.9 Å². The van der Waals surface area contributed by atoms with E-state index in [-0.39, 0.29) is 42.2 Å². The first-order chi connectivity index (χ1) is 14.4. The first kappa shape index (κ1) is 20.1. The highest BCUT2D eigenvalue weighted by Crippen LogP contribution is 2.30. The molecule has 1 fully saturated rings. The van der Waals surface area contributed by atoms with Gasteiger partial charge in [0, 0.05) is 6.07 Å². The van der Waals surface area contributed by atoms with Crippen LogP contribution in [0.2, 0.25) is 0 Å². The molecule has 158 valence electrons. The van der Waals surface area contributed by atoms with Crippen LogP contribution < -0.4 is 10.1 Å². The maximum absolute atomic E-state index is 12.9. The van der Waals surface area contributed by atoms with Gasteiger partial charge in [0.05, 0.1) is 30.4 Å². The van der Waals surface area contributed by atoms with Crippen LogP contribution in [0.15, 0.2) is 53.1 Å². The zero-order valence-corrected chi connectivity index (χ0v) is 16.8. The van der Waals surface area contributed by atoms with E-state index in [0.29, 0.717) is 23.6 Å². The van der Waals surface area contributed by atoms with E-state index in [9.17, 15) is 17.6 Å². The van der Waals surface area contributed by atoms with Crippen LogP contribution >= 0.6 is 0 Å². The fraction of sp³-hybridized carbons (Fsp3) is 0.300. The SMILES string of the molecule is O=C(NCCOc1ccc(F)cc1)c1cc(-c2ccco2)n([C@H]2CCS(=O)(=O)C2)n1. The molecule has 1 amide bonds. The van der Waals surface area contributed by atoms with Gasteiger partial charge in [-0.05, 0) is 42.8 Å². The van der Waals surface area contributed by atoms with Crippen molar-refractivity contribution >= 4 is 15.7 Å². The number of ether oxygens (including phenoxy) is 1. The highest BCUT2D eigenvalue weighted by molar-refractivity contribution is 7.91. The number of halogens is 1. The highest BCUT2D eigenvalue weighted by Gasteiger charge is 2.32. The first-order valence-corrected chi connectivity index (χ1v) is 11.2. The Labute approximate surface area is 172 Å². The second-order valence-electron chi connectivity index (χ2n) is 6.95. The molecule has 1 atom stereocenters. The summed E-state index contributed by atoms with van der Waals surface area (Å²) in [5, 5.41) is 7.07. The molecule has 1 aliphatic rings. The summed E-state index contributed by atoms with van der Waals surface area (Å²) in [4.78, 5) is 12.5. The van der Waals surface area contributed by atoms with E-state index in [2.05, 4.69) is 10.4 Å². The first-order valence-electron chi connectivity index (χ1n) is 9.42. The lowest BCUT2D eigenvalue weighted by Gasteiger charge is -2.11. The second kappa shape index (κ2) is 8.31. The Bertz CT molecular complexity index is 1120. The van der Waals surface area contributed by atoms with Crippen LogP contribution in [0.3, 0.4) is 0 Å². The molecule has 8 nitrogen and oxygen atoms in total. The van der Waals surface area contributed by atoms with Gasteiger partial charge >= 0.3 is 0 Å². The van der Waals surface area contributed by atoms with Gasteiger partial charge in [0.2, 0.25) is 0 Å². The summed E-state index contributed by atoms with van der Waals surface area (Å²) in [6.45, 7) is 0.418. The molecule has 2 aromatic heterocycles. The van der Waals surface area contributed by atoms with Crippen molar-refractivity contribution in [3.8, 4) is 17.2 Å². The van der Waals surface area contributed by atoms with Gasteiger partial charge in [-0.25, -0.2) is 12.8 Å². The number of benzene rings is 1. The number of nitrogens with zero attached hydrogens (tertiary/aromatic N) is 2. The van der Waals surface area contributed by atoms with Crippen LogP contribution in [0.25, 0.3) is 11.5 Å². The number of carbonyl (C=O) groups is 1. The zero-order chi connectivity index (χ0) is 21.1. The average molecular weight is 433 g/mol. The number of carbonyl (C=O) groups excluding carboxylic acids is 1. The molecule has 3 aromatic rings. The molecular weight excluding hydrogens is 413 g/mol. The summed E-state index contributed by atoms with van der Waals surface area (Å²) in [5.41, 5.74) is 0.710. The van der Waals surface area contributed by atoms with E-state index in [1.54, 1.807) is 22.9 Å². The van der Waals surface area contributed by atoms with E-state index in [1.807, 2.05) is 0 Å². The number of rotatable bonds is 7. The molecule has 0 bridgehead atoms. The topological polar surface area (TPSA) is 103 Å². The van der Waals surface area contributed by atoms with Gasteiger partial charge in [-0.15, -0.1) is 0 Å². The zero-order valence-electron chi connectivity index (χ0n) is 16.0. The lowest BCUT2D eigenvalue weighted by Crippen LogP contribution is -2.28. The number of nitrogens with one attached hydrogen (secondary N) is 1. The van der Waals surface area contributed by atoms with Crippen molar-refractivity contribution in [2.45, 2.75) is 12.5 Å². The number of sulfone groups is 1. The minimum atomic E-state index is -3.12. The Hall–Kier alpha value is -3.14. The van der Waals surface area contributed by atoms with Crippen LogP contribution in [-0.4, -0.2) is 48.8 Å². The van der Waals surface area contributed by atoms with E-state index in [1.165, 1.54) is 30.5 Å². The van der Waals surface area contributed by atoms with Crippen LogP contribution in [0.5, 0.6) is 5.75 Å². The summed E-state index contributed by atoms with van der Waals surface area (Å²) in [6, 6.07) is 10.3. The number of hydrogen-bond donors (Lipinski definition) is 1. The Balaban J connectivity index is 1.43. The average Bonchev–Trinajstić information content (AvgIpc) is 3.45. The van der Waals surface area contributed by atoms with Crippen molar-refractivity contribution in [1.82, 2.24) is 15.1 Å². The number of amides is 1. The fourth-order valence-electron chi connectivity index (χ4n) is 3.32. The normalized spacial score (nSPS) is 17.7. The van der Waals surface area contributed by atoms with Crippen LogP contribution in [0.1, 0.15) is 23.0 Å². The molecule has 1 aliphatic heterocycles. The minimum Gasteiger partial charge on any atom is -0.492 e. The molecule has 0 aliphatic carbocycles. The van der Waals surface area contributed by atoms with E-state index in [0.717, 1.165) is 0 Å². The van der Waals surface area contributed by atoms with Crippen LogP contribution in [0.4, 0.5) is 4.39 Å². The molecule has 0 radical (unpaired) electrons. The van der Waals surface area contributed by atoms with Crippen molar-refractivity contribution in [2.24, 2.45) is 0 Å². The Morgan fingerprint density at radius 2 is 2.10 bits per heavy atom. The van der Waals surface area contributed by atoms with Gasteiger partial charge in [-0.1, -0.05) is 0 Å². The number of furan rings is 1. The van der Waals surface area contributed by atoms with Crippen molar-refractivity contribution in [3.05, 3.63) is 60.2 Å². The standard InChI is InChI=1S/C20H20FN3O5S/c21-14-3-5-16(6-4-14)28-10-8-22-20(25)17-12-18(19-2-1-9-29-19)24(23-17)15-7-11-30(26,27)13-15/h1-6,9,12,15H,7-8,10-11,13H2,(H,22,25)/t15-/m0/s1. The van der Waals surface area contributed by atoms with E-state index < -0.39 is 15.7 Å². The Morgan fingerprint density at radius 1 is 1.30 bits per heavy atom. The predicted molar refractivity (Wildman–Crippen MR) is 106 cm³/mol. The third-order valence-electron chi connectivity index (χ3n) is 4.77. The number of hydrogen-bond acceptors (Lipinski definition) is 6. The lowest BCUT2D eigenvalue weighted by molar-refractivity contribution is 0.0941. The molecule has 0 saturated carbocycles. The summed E-state index contributed by atoms with van der Waals surface area (Å²) >= 11 is 0. The predicted octanol–water partition coefficient (Wildman–Crippen LogP) is 2.45. The molecule has 0 spiro atoms. The third-order valence-corrected chi connectivity index (χ3v) is 6.52. The minimum absolute atomic E-state index is 0.0189. The summed E-state index contributed by atoms with van der Waals surface area (Å²) in [6.07, 6.45) is 1.94. The summed E-state index contributed by atoms with van der Waals surface area (Å²) in [5.74, 6) is 0.313. The van der Waals surface area contributed by atoms with Gasteiger partial charge in [-0.3, -0.25) is 9.48 Å². The second-order valence-corrected chi connectivity index (χ2v) is 9.18. The van der Waals surface area contributed by atoms with E-state index >= 15 is 0 Å². The lowest BCUT2D eigenvalue weighted by atomic mass is 10.2. The quantitative estimate of drug-likeness (QED) is 0.574. The smallest absolute Gasteiger partial charge is 0.271 e.